The molecular weight excluding hydrogens is 659 g/mol. The third-order valence-corrected chi connectivity index (χ3v) is 18.3. The van der Waals surface area contributed by atoms with Gasteiger partial charge in [0.1, 0.15) is 23.2 Å². The zero-order chi connectivity index (χ0) is 31.2. The highest BCUT2D eigenvalue weighted by molar-refractivity contribution is 7.95. The highest BCUT2D eigenvalue weighted by Gasteiger charge is 2.50. The lowest BCUT2D eigenvalue weighted by Crippen LogP contribution is -3.00. The van der Waals surface area contributed by atoms with Gasteiger partial charge in [-0.1, -0.05) is 160 Å². The normalized spacial score (nSPS) is 11.9. The maximum atomic E-state index is 7.25. The van der Waals surface area contributed by atoms with Gasteiger partial charge in [0.05, 0.1) is 12.8 Å². The molecule has 0 bridgehead atoms. The second-order valence-electron chi connectivity index (χ2n) is 12.7. The van der Waals surface area contributed by atoms with Crippen molar-refractivity contribution in [2.45, 2.75) is 38.6 Å². The number of hydrogen-bond donors (Lipinski definition) is 0. The van der Waals surface area contributed by atoms with Crippen LogP contribution in [0.4, 0.5) is 0 Å². The van der Waals surface area contributed by atoms with Crippen LogP contribution in [0.1, 0.15) is 31.9 Å². The van der Waals surface area contributed by atoms with Crippen LogP contribution in [0.2, 0.25) is 5.04 Å². The van der Waals surface area contributed by atoms with E-state index in [2.05, 4.69) is 197 Å². The molecule has 4 heteroatoms. The Morgan fingerprint density at radius 1 is 0.457 bits per heavy atom. The number of halogens is 1. The minimum Gasteiger partial charge on any atom is -1.00 e. The molecule has 6 aromatic rings. The first-order valence-electron chi connectivity index (χ1n) is 15.8. The topological polar surface area (TPSA) is 9.23 Å². The molecule has 0 unspecified atom stereocenters. The fraction of sp³-hybridized carbons (Fsp3) is 0.143. The average molecular weight is 702 g/mol. The van der Waals surface area contributed by atoms with Gasteiger partial charge in [-0.15, -0.1) is 0 Å². The minimum atomic E-state index is -2.61. The van der Waals surface area contributed by atoms with Gasteiger partial charge in [0, 0.05) is 0 Å². The van der Waals surface area contributed by atoms with Crippen LogP contribution < -0.4 is 43.3 Å². The highest BCUT2D eigenvalue weighted by Crippen LogP contribution is 2.58. The molecule has 0 aliphatic rings. The van der Waals surface area contributed by atoms with E-state index in [9.17, 15) is 0 Å². The van der Waals surface area contributed by atoms with Gasteiger partial charge in [-0.05, 0) is 62.9 Å². The van der Waals surface area contributed by atoms with Crippen molar-refractivity contribution in [3.63, 3.8) is 0 Å². The van der Waals surface area contributed by atoms with Crippen LogP contribution in [0.25, 0.3) is 0 Å². The van der Waals surface area contributed by atoms with Crippen molar-refractivity contribution in [1.82, 2.24) is 0 Å². The first kappa shape index (κ1) is 33.8. The van der Waals surface area contributed by atoms with Crippen molar-refractivity contribution in [1.29, 1.82) is 0 Å². The first-order chi connectivity index (χ1) is 21.9. The van der Waals surface area contributed by atoms with Crippen molar-refractivity contribution in [2.75, 3.05) is 0 Å². The van der Waals surface area contributed by atoms with E-state index in [4.69, 9.17) is 4.43 Å². The summed E-state index contributed by atoms with van der Waals surface area (Å²) in [7, 11) is -4.57. The molecule has 6 aromatic carbocycles. The Kier molecular flexibility index (Phi) is 10.9. The van der Waals surface area contributed by atoms with E-state index in [1.165, 1.54) is 37.4 Å². The van der Waals surface area contributed by atoms with Gasteiger partial charge in [-0.2, -0.15) is 0 Å². The lowest BCUT2D eigenvalue weighted by Gasteiger charge is -2.43. The molecule has 46 heavy (non-hydrogen) atoms. The molecule has 232 valence electrons. The molecule has 0 N–H and O–H groups in total. The Balaban J connectivity index is 0.00000417. The second kappa shape index (κ2) is 14.9. The van der Waals surface area contributed by atoms with Gasteiger partial charge in [-0.25, -0.2) is 0 Å². The van der Waals surface area contributed by atoms with Crippen LogP contribution in [0, 0.1) is 0 Å². The quantitative estimate of drug-likeness (QED) is 0.140. The van der Waals surface area contributed by atoms with Crippen LogP contribution in [0.5, 0.6) is 0 Å². The summed E-state index contributed by atoms with van der Waals surface area (Å²) < 4.78 is 7.25. The Labute approximate surface area is 287 Å². The maximum Gasteiger partial charge on any atom is 0.261 e. The van der Waals surface area contributed by atoms with E-state index >= 15 is 0 Å². The molecular formula is C42H42BrOPSi. The fourth-order valence-electron chi connectivity index (χ4n) is 6.74. The molecule has 1 nitrogen and oxygen atoms in total. The predicted octanol–water partition coefficient (Wildman–Crippen LogP) is 5.26. The zero-order valence-electron chi connectivity index (χ0n) is 26.9. The lowest BCUT2D eigenvalue weighted by molar-refractivity contribution is -0.00000949. The van der Waals surface area contributed by atoms with E-state index in [0.29, 0.717) is 6.61 Å². The SMILES string of the molecule is CC(C)(C)[Si](OCc1ccc(C[P+](c2ccccc2)(c2ccccc2)c2ccccc2)cc1)(c1ccccc1)c1ccccc1.[Br-]. The van der Waals surface area contributed by atoms with Crippen LogP contribution >= 0.6 is 7.26 Å². The van der Waals surface area contributed by atoms with Gasteiger partial charge in [0.25, 0.3) is 8.32 Å². The van der Waals surface area contributed by atoms with E-state index in [1.54, 1.807) is 0 Å². The van der Waals surface area contributed by atoms with Gasteiger partial charge >= 0.3 is 0 Å². The fourth-order valence-corrected chi connectivity index (χ4v) is 15.5. The van der Waals surface area contributed by atoms with E-state index in [1.807, 2.05) is 0 Å². The molecule has 0 saturated carbocycles. The van der Waals surface area contributed by atoms with Crippen LogP contribution in [0.3, 0.4) is 0 Å². The summed E-state index contributed by atoms with van der Waals surface area (Å²) in [5.41, 5.74) is 2.55. The Morgan fingerprint density at radius 3 is 1.13 bits per heavy atom. The van der Waals surface area contributed by atoms with E-state index in [0.717, 1.165) is 6.16 Å². The zero-order valence-corrected chi connectivity index (χ0v) is 30.4. The Bertz CT molecular complexity index is 1640. The molecule has 0 aliphatic heterocycles. The molecule has 0 aromatic heterocycles. The van der Waals surface area contributed by atoms with Gasteiger partial charge in [0.15, 0.2) is 0 Å². The number of benzene rings is 6. The summed E-state index contributed by atoms with van der Waals surface area (Å²) in [4.78, 5) is 0. The molecule has 0 amide bonds. The smallest absolute Gasteiger partial charge is 0.261 e. The predicted molar refractivity (Wildman–Crippen MR) is 198 cm³/mol. The van der Waals surface area contributed by atoms with Crippen molar-refractivity contribution in [3.05, 3.63) is 187 Å². The molecule has 0 radical (unpaired) electrons. The molecule has 0 atom stereocenters. The summed E-state index contributed by atoms with van der Waals surface area (Å²) in [5.74, 6) is 0. The molecule has 0 spiro atoms. The summed E-state index contributed by atoms with van der Waals surface area (Å²) in [6, 6.07) is 64.4. The average Bonchev–Trinajstić information content (AvgIpc) is 3.10. The van der Waals surface area contributed by atoms with Gasteiger partial charge in [-0.3, -0.25) is 0 Å². The first-order valence-corrected chi connectivity index (χ1v) is 19.7. The third-order valence-electron chi connectivity index (χ3n) is 8.91. The third kappa shape index (κ3) is 6.75. The molecule has 0 fully saturated rings. The lowest BCUT2D eigenvalue weighted by atomic mass is 10.2. The monoisotopic (exact) mass is 700 g/mol. The largest absolute Gasteiger partial charge is 1.00 e. The summed E-state index contributed by atoms with van der Waals surface area (Å²) in [5, 5.41) is 6.78. The van der Waals surface area contributed by atoms with E-state index in [-0.39, 0.29) is 22.0 Å². The number of rotatable bonds is 10. The van der Waals surface area contributed by atoms with Gasteiger partial charge in [0.2, 0.25) is 0 Å². The highest BCUT2D eigenvalue weighted by atomic mass is 79.9. The second-order valence-corrected chi connectivity index (χ2v) is 20.5. The summed E-state index contributed by atoms with van der Waals surface area (Å²) in [6.45, 7) is 7.58. The minimum absolute atomic E-state index is 0. The summed E-state index contributed by atoms with van der Waals surface area (Å²) in [6.07, 6.45) is 0.959. The van der Waals surface area contributed by atoms with Crippen LogP contribution in [-0.2, 0) is 17.2 Å². The van der Waals surface area contributed by atoms with Crippen LogP contribution in [0.15, 0.2) is 176 Å². The van der Waals surface area contributed by atoms with Crippen molar-refractivity contribution >= 4 is 41.9 Å². The Morgan fingerprint density at radius 2 is 0.783 bits per heavy atom. The molecule has 6 rings (SSSR count). The van der Waals surface area contributed by atoms with Crippen LogP contribution in [-0.4, -0.2) is 8.32 Å². The Hall–Kier alpha value is -3.59. The molecule has 0 saturated heterocycles. The standard InChI is InChI=1S/C42H42OPSi.BrH/c1-42(2,3)45(40-25-15-7-16-26-40,41-27-17-8-18-28-41)43-33-35-29-31-36(32-30-35)34-44(37-19-9-4-10-20-37,38-21-11-5-12-22-38)39-23-13-6-14-24-39;/h4-32H,33-34H2,1-3H3;1H/q+1;/p-1. The molecule has 0 aliphatic carbocycles. The van der Waals surface area contributed by atoms with E-state index < -0.39 is 15.6 Å². The summed E-state index contributed by atoms with van der Waals surface area (Å²) >= 11 is 0. The van der Waals surface area contributed by atoms with Gasteiger partial charge < -0.3 is 21.4 Å². The molecule has 0 heterocycles. The maximum absolute atomic E-state index is 7.25. The number of hydrogen-bond acceptors (Lipinski definition) is 1. The van der Waals surface area contributed by atoms with Crippen molar-refractivity contribution in [3.8, 4) is 0 Å². The van der Waals surface area contributed by atoms with Crippen molar-refractivity contribution in [2.24, 2.45) is 0 Å². The van der Waals surface area contributed by atoms with Crippen molar-refractivity contribution < 1.29 is 21.4 Å².